The Morgan fingerprint density at radius 2 is 2.33 bits per heavy atom. The van der Waals surface area contributed by atoms with Gasteiger partial charge in [0.2, 0.25) is 0 Å². The Labute approximate surface area is 70.5 Å². The standard InChI is InChI=1S/C8H11NO3/c1-2-9(8(11)12)6-3-4-7(10)5-6/h5H,2-4H2,1H3,(H,11,12). The van der Waals surface area contributed by atoms with E-state index in [1.807, 2.05) is 0 Å². The van der Waals surface area contributed by atoms with Gasteiger partial charge in [0.05, 0.1) is 0 Å². The second kappa shape index (κ2) is 3.38. The van der Waals surface area contributed by atoms with Crippen molar-refractivity contribution in [3.63, 3.8) is 0 Å². The minimum Gasteiger partial charge on any atom is -0.465 e. The van der Waals surface area contributed by atoms with Crippen LogP contribution in [0.3, 0.4) is 0 Å². The summed E-state index contributed by atoms with van der Waals surface area (Å²) in [6.45, 7) is 2.15. The number of hydrogen-bond acceptors (Lipinski definition) is 2. The molecule has 66 valence electrons. The Hall–Kier alpha value is -1.32. The molecule has 0 aliphatic heterocycles. The third kappa shape index (κ3) is 1.64. The number of rotatable bonds is 2. The SMILES string of the molecule is CCN(C(=O)O)C1=CC(=O)CC1. The van der Waals surface area contributed by atoms with E-state index >= 15 is 0 Å². The van der Waals surface area contributed by atoms with Crippen LogP contribution in [0.1, 0.15) is 19.8 Å². The topological polar surface area (TPSA) is 57.6 Å². The molecule has 0 aromatic carbocycles. The van der Waals surface area contributed by atoms with Gasteiger partial charge in [-0.05, 0) is 13.3 Å². The van der Waals surface area contributed by atoms with Gasteiger partial charge in [-0.25, -0.2) is 4.79 Å². The molecule has 4 nitrogen and oxygen atoms in total. The molecule has 0 saturated heterocycles. The molecule has 0 bridgehead atoms. The van der Waals surface area contributed by atoms with E-state index in [2.05, 4.69) is 0 Å². The number of allylic oxidation sites excluding steroid dienone is 2. The van der Waals surface area contributed by atoms with Gasteiger partial charge in [-0.1, -0.05) is 0 Å². The summed E-state index contributed by atoms with van der Waals surface area (Å²) in [5, 5.41) is 8.69. The van der Waals surface area contributed by atoms with Crippen molar-refractivity contribution >= 4 is 11.9 Å². The molecule has 0 radical (unpaired) electrons. The first-order valence-electron chi connectivity index (χ1n) is 3.89. The average molecular weight is 169 g/mol. The highest BCUT2D eigenvalue weighted by Gasteiger charge is 2.20. The molecule has 0 spiro atoms. The van der Waals surface area contributed by atoms with Gasteiger partial charge < -0.3 is 5.11 Å². The first kappa shape index (κ1) is 8.77. The van der Waals surface area contributed by atoms with Crippen molar-refractivity contribution in [2.45, 2.75) is 19.8 Å². The van der Waals surface area contributed by atoms with Gasteiger partial charge in [0.15, 0.2) is 5.78 Å². The third-order valence-corrected chi connectivity index (χ3v) is 1.85. The molecule has 0 unspecified atom stereocenters. The van der Waals surface area contributed by atoms with Gasteiger partial charge in [-0.2, -0.15) is 0 Å². The first-order chi connectivity index (χ1) is 5.65. The van der Waals surface area contributed by atoms with Crippen molar-refractivity contribution in [3.05, 3.63) is 11.8 Å². The maximum absolute atomic E-state index is 10.8. The van der Waals surface area contributed by atoms with Crippen LogP contribution in [-0.2, 0) is 4.79 Å². The van der Waals surface area contributed by atoms with E-state index < -0.39 is 6.09 Å². The molecule has 0 heterocycles. The maximum Gasteiger partial charge on any atom is 0.411 e. The Morgan fingerprint density at radius 1 is 1.67 bits per heavy atom. The largest absolute Gasteiger partial charge is 0.465 e. The normalized spacial score (nSPS) is 16.1. The van der Waals surface area contributed by atoms with Crippen molar-refractivity contribution in [1.29, 1.82) is 0 Å². The Morgan fingerprint density at radius 3 is 2.67 bits per heavy atom. The summed E-state index contributed by atoms with van der Waals surface area (Å²) in [5.74, 6) is 0.0182. The smallest absolute Gasteiger partial charge is 0.411 e. The summed E-state index contributed by atoms with van der Waals surface area (Å²) in [7, 11) is 0. The minimum absolute atomic E-state index is 0.0182. The van der Waals surface area contributed by atoms with Crippen LogP contribution in [0, 0.1) is 0 Å². The van der Waals surface area contributed by atoms with Crippen LogP contribution in [0.2, 0.25) is 0 Å². The quantitative estimate of drug-likeness (QED) is 0.676. The third-order valence-electron chi connectivity index (χ3n) is 1.85. The molecule has 4 heteroatoms. The molecule has 0 fully saturated rings. The van der Waals surface area contributed by atoms with Crippen molar-refractivity contribution < 1.29 is 14.7 Å². The van der Waals surface area contributed by atoms with Gasteiger partial charge in [0.25, 0.3) is 0 Å². The average Bonchev–Trinajstić information content (AvgIpc) is 2.37. The van der Waals surface area contributed by atoms with E-state index in [4.69, 9.17) is 5.11 Å². The summed E-state index contributed by atoms with van der Waals surface area (Å²) in [6, 6.07) is 0. The molecule has 1 amide bonds. The number of amides is 1. The van der Waals surface area contributed by atoms with Gasteiger partial charge in [0, 0.05) is 24.7 Å². The number of hydrogen-bond donors (Lipinski definition) is 1. The molecule has 0 aromatic heterocycles. The van der Waals surface area contributed by atoms with E-state index in [0.29, 0.717) is 25.1 Å². The zero-order valence-corrected chi connectivity index (χ0v) is 6.91. The van der Waals surface area contributed by atoms with Gasteiger partial charge in [0.1, 0.15) is 0 Å². The first-order valence-corrected chi connectivity index (χ1v) is 3.89. The van der Waals surface area contributed by atoms with Crippen molar-refractivity contribution in [1.82, 2.24) is 4.90 Å². The zero-order valence-electron chi connectivity index (χ0n) is 6.91. The molecular weight excluding hydrogens is 158 g/mol. The van der Waals surface area contributed by atoms with Crippen molar-refractivity contribution in [2.75, 3.05) is 6.54 Å². The van der Waals surface area contributed by atoms with E-state index in [0.717, 1.165) is 0 Å². The predicted molar refractivity (Wildman–Crippen MR) is 42.7 cm³/mol. The highest BCUT2D eigenvalue weighted by molar-refractivity contribution is 5.93. The number of carbonyl (C=O) groups is 2. The van der Waals surface area contributed by atoms with Gasteiger partial charge in [-0.15, -0.1) is 0 Å². The summed E-state index contributed by atoms with van der Waals surface area (Å²) in [6.07, 6.45) is 1.42. The lowest BCUT2D eigenvalue weighted by molar-refractivity contribution is -0.114. The molecule has 1 aliphatic carbocycles. The summed E-state index contributed by atoms with van der Waals surface area (Å²) < 4.78 is 0. The minimum atomic E-state index is -0.988. The Bertz CT molecular complexity index is 245. The van der Waals surface area contributed by atoms with E-state index in [1.54, 1.807) is 6.92 Å². The van der Waals surface area contributed by atoms with Crippen LogP contribution in [-0.4, -0.2) is 28.4 Å². The van der Waals surface area contributed by atoms with Crippen LogP contribution in [0.15, 0.2) is 11.8 Å². The lowest BCUT2D eigenvalue weighted by Crippen LogP contribution is -2.27. The number of ketones is 1. The lowest BCUT2D eigenvalue weighted by atomic mass is 10.3. The lowest BCUT2D eigenvalue weighted by Gasteiger charge is -2.17. The second-order valence-electron chi connectivity index (χ2n) is 2.63. The van der Waals surface area contributed by atoms with E-state index in [-0.39, 0.29) is 5.78 Å². The molecular formula is C8H11NO3. The highest BCUT2D eigenvalue weighted by atomic mass is 16.4. The summed E-state index contributed by atoms with van der Waals surface area (Å²) >= 11 is 0. The second-order valence-corrected chi connectivity index (χ2v) is 2.63. The number of carboxylic acid groups (broad SMARTS) is 1. The molecule has 1 rings (SSSR count). The fourth-order valence-electron chi connectivity index (χ4n) is 1.26. The molecule has 1 N–H and O–H groups in total. The van der Waals surface area contributed by atoms with Crippen molar-refractivity contribution in [2.24, 2.45) is 0 Å². The fraction of sp³-hybridized carbons (Fsp3) is 0.500. The summed E-state index contributed by atoms with van der Waals surface area (Å²) in [4.78, 5) is 22.6. The highest BCUT2D eigenvalue weighted by Crippen LogP contribution is 2.18. The van der Waals surface area contributed by atoms with Crippen LogP contribution in [0.5, 0.6) is 0 Å². The van der Waals surface area contributed by atoms with Crippen LogP contribution in [0.4, 0.5) is 4.79 Å². The number of carbonyl (C=O) groups excluding carboxylic acids is 1. The van der Waals surface area contributed by atoms with Crippen LogP contribution in [0.25, 0.3) is 0 Å². The van der Waals surface area contributed by atoms with Gasteiger partial charge in [-0.3, -0.25) is 9.69 Å². The molecule has 0 aromatic rings. The van der Waals surface area contributed by atoms with Crippen LogP contribution < -0.4 is 0 Å². The van der Waals surface area contributed by atoms with E-state index in [9.17, 15) is 9.59 Å². The van der Waals surface area contributed by atoms with Crippen LogP contribution >= 0.6 is 0 Å². The van der Waals surface area contributed by atoms with E-state index in [1.165, 1.54) is 11.0 Å². The van der Waals surface area contributed by atoms with Gasteiger partial charge >= 0.3 is 6.09 Å². The monoisotopic (exact) mass is 169 g/mol. The zero-order chi connectivity index (χ0) is 9.14. The molecule has 1 aliphatic rings. The molecule has 0 atom stereocenters. The molecule has 0 saturated carbocycles. The predicted octanol–water partition coefficient (Wildman–Crippen LogP) is 1.23. The Kier molecular flexibility index (Phi) is 2.47. The number of nitrogens with zero attached hydrogens (tertiary/aromatic N) is 1. The summed E-state index contributed by atoms with van der Waals surface area (Å²) in [5.41, 5.74) is 0.620. The van der Waals surface area contributed by atoms with Crippen molar-refractivity contribution in [3.8, 4) is 0 Å². The Balaban J connectivity index is 2.73. The maximum atomic E-state index is 10.8. The fourth-order valence-corrected chi connectivity index (χ4v) is 1.26. The molecule has 12 heavy (non-hydrogen) atoms.